The Balaban J connectivity index is 0.00000441. The van der Waals surface area contributed by atoms with Gasteiger partial charge in [0.25, 0.3) is 0 Å². The molecule has 1 aromatic rings. The molecule has 0 amide bonds. The minimum Gasteiger partial charge on any atom is -0.467 e. The third kappa shape index (κ3) is 8.63. The van der Waals surface area contributed by atoms with Gasteiger partial charge in [0.1, 0.15) is 11.9 Å². The molecule has 0 spiro atoms. The van der Waals surface area contributed by atoms with Crippen molar-refractivity contribution in [2.75, 3.05) is 13.1 Å². The second kappa shape index (κ2) is 11.8. The number of hydrogen-bond acceptors (Lipinski definition) is 3. The minimum atomic E-state index is -0.707. The summed E-state index contributed by atoms with van der Waals surface area (Å²) in [6.07, 6.45) is 3.13. The van der Waals surface area contributed by atoms with Crippen LogP contribution in [0.2, 0.25) is 0 Å². The van der Waals surface area contributed by atoms with Crippen LogP contribution in [0.5, 0.6) is 0 Å². The number of rotatable bonds is 8. The van der Waals surface area contributed by atoms with E-state index in [4.69, 9.17) is 4.42 Å². The Morgan fingerprint density at radius 3 is 2.59 bits per heavy atom. The zero-order valence-corrected chi connectivity index (χ0v) is 16.3. The van der Waals surface area contributed by atoms with E-state index in [1.54, 1.807) is 18.4 Å². The zero-order valence-electron chi connectivity index (χ0n) is 14.0. The maximum atomic E-state index is 9.98. The van der Waals surface area contributed by atoms with Crippen molar-refractivity contribution in [1.82, 2.24) is 10.6 Å². The van der Waals surface area contributed by atoms with E-state index in [1.165, 1.54) is 6.42 Å². The molecule has 0 fully saturated rings. The summed E-state index contributed by atoms with van der Waals surface area (Å²) in [5.74, 6) is 1.98. The molecular formula is C16H30IN3O2. The van der Waals surface area contributed by atoms with E-state index in [2.05, 4.69) is 36.4 Å². The minimum absolute atomic E-state index is 0. The fraction of sp³-hybridized carbons (Fsp3) is 0.688. The summed E-state index contributed by atoms with van der Waals surface area (Å²) in [6.45, 7) is 9.70. The van der Waals surface area contributed by atoms with Crippen LogP contribution in [0.1, 0.15) is 52.4 Å². The Morgan fingerprint density at radius 2 is 2.05 bits per heavy atom. The first-order valence-corrected chi connectivity index (χ1v) is 7.79. The number of aliphatic hydroxyl groups is 1. The van der Waals surface area contributed by atoms with E-state index < -0.39 is 6.10 Å². The first-order chi connectivity index (χ1) is 10.0. The summed E-state index contributed by atoms with van der Waals surface area (Å²) < 4.78 is 5.17. The molecule has 6 heteroatoms. The van der Waals surface area contributed by atoms with Gasteiger partial charge in [-0.25, -0.2) is 0 Å². The predicted octanol–water partition coefficient (Wildman–Crippen LogP) is 3.31. The van der Waals surface area contributed by atoms with Gasteiger partial charge in [0, 0.05) is 12.6 Å². The highest BCUT2D eigenvalue weighted by atomic mass is 127. The number of hydrogen-bond donors (Lipinski definition) is 3. The Morgan fingerprint density at radius 1 is 1.32 bits per heavy atom. The molecule has 22 heavy (non-hydrogen) atoms. The lowest BCUT2D eigenvalue weighted by atomic mass is 10.0. The van der Waals surface area contributed by atoms with Gasteiger partial charge in [-0.15, -0.1) is 24.0 Å². The first kappa shape index (κ1) is 21.2. The van der Waals surface area contributed by atoms with Crippen molar-refractivity contribution in [1.29, 1.82) is 0 Å². The van der Waals surface area contributed by atoms with Crippen molar-refractivity contribution in [3.8, 4) is 0 Å². The van der Waals surface area contributed by atoms with Crippen LogP contribution < -0.4 is 10.6 Å². The lowest BCUT2D eigenvalue weighted by Gasteiger charge is -2.19. The fourth-order valence-electron chi connectivity index (χ4n) is 1.96. The van der Waals surface area contributed by atoms with E-state index in [0.29, 0.717) is 17.7 Å². The van der Waals surface area contributed by atoms with Crippen molar-refractivity contribution in [3.05, 3.63) is 24.2 Å². The van der Waals surface area contributed by atoms with E-state index in [0.717, 1.165) is 18.9 Å². The predicted molar refractivity (Wildman–Crippen MR) is 102 cm³/mol. The SMILES string of the molecule is CCNC(=NCC(O)c1ccco1)NC(C)CCC(C)C.I. The van der Waals surface area contributed by atoms with Gasteiger partial charge < -0.3 is 20.2 Å². The summed E-state index contributed by atoms with van der Waals surface area (Å²) in [7, 11) is 0. The Hall–Kier alpha value is -0.760. The first-order valence-electron chi connectivity index (χ1n) is 7.79. The van der Waals surface area contributed by atoms with Crippen molar-refractivity contribution in [3.63, 3.8) is 0 Å². The summed E-state index contributed by atoms with van der Waals surface area (Å²) in [5, 5.41) is 16.6. The standard InChI is InChI=1S/C16H29N3O2.HI/c1-5-17-16(19-13(4)9-8-12(2)3)18-11-14(20)15-7-6-10-21-15;/h6-7,10,12-14,20H,5,8-9,11H2,1-4H3,(H2,17,18,19);1H. The van der Waals surface area contributed by atoms with Crippen LogP contribution in [0.3, 0.4) is 0 Å². The zero-order chi connectivity index (χ0) is 15.7. The molecule has 1 aromatic heterocycles. The van der Waals surface area contributed by atoms with Gasteiger partial charge in [0.15, 0.2) is 5.96 Å². The van der Waals surface area contributed by atoms with E-state index in [9.17, 15) is 5.11 Å². The van der Waals surface area contributed by atoms with Crippen molar-refractivity contribution in [2.24, 2.45) is 10.9 Å². The molecule has 0 aliphatic carbocycles. The summed E-state index contributed by atoms with van der Waals surface area (Å²) in [5.41, 5.74) is 0. The average Bonchev–Trinajstić information content (AvgIpc) is 2.96. The molecule has 2 atom stereocenters. The number of guanidine groups is 1. The molecule has 128 valence electrons. The molecule has 0 saturated carbocycles. The van der Waals surface area contributed by atoms with Gasteiger partial charge in [0.05, 0.1) is 12.8 Å². The molecule has 0 bridgehead atoms. The maximum absolute atomic E-state index is 9.98. The smallest absolute Gasteiger partial charge is 0.191 e. The number of nitrogens with zero attached hydrogens (tertiary/aromatic N) is 1. The summed E-state index contributed by atoms with van der Waals surface area (Å²) in [6, 6.07) is 3.87. The molecule has 1 heterocycles. The lowest BCUT2D eigenvalue weighted by Crippen LogP contribution is -2.42. The normalized spacial score (nSPS) is 14.4. The molecule has 0 saturated heterocycles. The molecule has 5 nitrogen and oxygen atoms in total. The van der Waals surface area contributed by atoms with Gasteiger partial charge >= 0.3 is 0 Å². The van der Waals surface area contributed by atoms with Crippen LogP contribution in [0.4, 0.5) is 0 Å². The maximum Gasteiger partial charge on any atom is 0.191 e. The Labute approximate surface area is 151 Å². The monoisotopic (exact) mass is 423 g/mol. The third-order valence-electron chi connectivity index (χ3n) is 3.20. The fourth-order valence-corrected chi connectivity index (χ4v) is 1.96. The highest BCUT2D eigenvalue weighted by Gasteiger charge is 2.11. The van der Waals surface area contributed by atoms with E-state index >= 15 is 0 Å². The van der Waals surface area contributed by atoms with Crippen molar-refractivity contribution < 1.29 is 9.52 Å². The molecule has 0 radical (unpaired) electrons. The molecule has 2 unspecified atom stereocenters. The lowest BCUT2D eigenvalue weighted by molar-refractivity contribution is 0.158. The van der Waals surface area contributed by atoms with Gasteiger partial charge in [0.2, 0.25) is 0 Å². The molecule has 0 aromatic carbocycles. The molecule has 0 aliphatic heterocycles. The third-order valence-corrected chi connectivity index (χ3v) is 3.20. The molecule has 3 N–H and O–H groups in total. The molecule has 1 rings (SSSR count). The Bertz CT molecular complexity index is 408. The number of halogens is 1. The second-order valence-electron chi connectivity index (χ2n) is 5.77. The highest BCUT2D eigenvalue weighted by molar-refractivity contribution is 14.0. The largest absolute Gasteiger partial charge is 0.467 e. The average molecular weight is 423 g/mol. The quantitative estimate of drug-likeness (QED) is 0.341. The van der Waals surface area contributed by atoms with Crippen LogP contribution >= 0.6 is 24.0 Å². The highest BCUT2D eigenvalue weighted by Crippen LogP contribution is 2.13. The van der Waals surface area contributed by atoms with Crippen molar-refractivity contribution >= 4 is 29.9 Å². The second-order valence-corrected chi connectivity index (χ2v) is 5.77. The Kier molecular flexibility index (Phi) is 11.4. The van der Waals surface area contributed by atoms with Gasteiger partial charge in [-0.2, -0.15) is 0 Å². The van der Waals surface area contributed by atoms with Gasteiger partial charge in [-0.3, -0.25) is 4.99 Å². The van der Waals surface area contributed by atoms with Crippen LogP contribution in [0.25, 0.3) is 0 Å². The van der Waals surface area contributed by atoms with Crippen LogP contribution in [0, 0.1) is 5.92 Å². The number of nitrogens with one attached hydrogen (secondary N) is 2. The molecular weight excluding hydrogens is 393 g/mol. The number of aliphatic hydroxyl groups excluding tert-OH is 1. The van der Waals surface area contributed by atoms with E-state index in [1.807, 2.05) is 6.92 Å². The van der Waals surface area contributed by atoms with E-state index in [-0.39, 0.29) is 30.5 Å². The molecule has 0 aliphatic rings. The summed E-state index contributed by atoms with van der Waals surface area (Å²) in [4.78, 5) is 4.42. The van der Waals surface area contributed by atoms with Crippen molar-refractivity contribution in [2.45, 2.75) is 52.7 Å². The number of aliphatic imine (C=N–C) groups is 1. The van der Waals surface area contributed by atoms with Gasteiger partial charge in [-0.05, 0) is 44.7 Å². The topological polar surface area (TPSA) is 69.8 Å². The van der Waals surface area contributed by atoms with Crippen LogP contribution in [0.15, 0.2) is 27.8 Å². The number of furan rings is 1. The van der Waals surface area contributed by atoms with Gasteiger partial charge in [-0.1, -0.05) is 13.8 Å². The van der Waals surface area contributed by atoms with Crippen LogP contribution in [-0.2, 0) is 0 Å². The summed E-state index contributed by atoms with van der Waals surface area (Å²) >= 11 is 0. The van der Waals surface area contributed by atoms with Crippen LogP contribution in [-0.4, -0.2) is 30.2 Å².